The van der Waals surface area contributed by atoms with Crippen molar-refractivity contribution < 1.29 is 14.8 Å². The molecule has 6 nitrogen and oxygen atoms in total. The van der Waals surface area contributed by atoms with Crippen LogP contribution in [0.15, 0.2) is 12.1 Å². The van der Waals surface area contributed by atoms with Gasteiger partial charge in [-0.1, -0.05) is 0 Å². The predicted molar refractivity (Wildman–Crippen MR) is 69.1 cm³/mol. The molecule has 0 unspecified atom stereocenters. The van der Waals surface area contributed by atoms with Crippen molar-refractivity contribution in [2.24, 2.45) is 5.92 Å². The van der Waals surface area contributed by atoms with Crippen molar-refractivity contribution >= 4 is 5.69 Å². The molecule has 0 atom stereocenters. The molecule has 0 saturated heterocycles. The van der Waals surface area contributed by atoms with Crippen LogP contribution >= 0.6 is 0 Å². The summed E-state index contributed by atoms with van der Waals surface area (Å²) in [7, 11) is 0. The third-order valence-electron chi connectivity index (χ3n) is 3.57. The Hall–Kier alpha value is -1.69. The molecule has 0 spiro atoms. The van der Waals surface area contributed by atoms with E-state index in [0.717, 1.165) is 25.7 Å². The maximum absolute atomic E-state index is 10.7. The van der Waals surface area contributed by atoms with Gasteiger partial charge in [0.1, 0.15) is 11.8 Å². The molecule has 1 fully saturated rings. The smallest absolute Gasteiger partial charge is 0.290 e. The maximum Gasteiger partial charge on any atom is 0.290 e. The normalized spacial score (nSPS) is 23.1. The summed E-state index contributed by atoms with van der Waals surface area (Å²) in [5.74, 6) is 0.821. The average Bonchev–Trinajstić information content (AvgIpc) is 2.39. The van der Waals surface area contributed by atoms with Crippen LogP contribution in [0.5, 0.6) is 5.88 Å². The van der Waals surface area contributed by atoms with E-state index < -0.39 is 4.92 Å². The zero-order valence-corrected chi connectivity index (χ0v) is 10.9. The minimum absolute atomic E-state index is 0.0105. The molecular formula is C13H18N2O4. The van der Waals surface area contributed by atoms with Crippen molar-refractivity contribution in [2.75, 3.05) is 6.61 Å². The molecule has 1 aliphatic carbocycles. The van der Waals surface area contributed by atoms with Gasteiger partial charge in [-0.05, 0) is 38.5 Å². The first-order valence-electron chi connectivity index (χ1n) is 6.49. The van der Waals surface area contributed by atoms with Gasteiger partial charge < -0.3 is 9.84 Å². The third-order valence-corrected chi connectivity index (χ3v) is 3.57. The number of aromatic nitrogens is 1. The number of aliphatic hydroxyl groups excluding tert-OH is 1. The van der Waals surface area contributed by atoms with Crippen LogP contribution < -0.4 is 4.74 Å². The molecule has 0 amide bonds. The average molecular weight is 266 g/mol. The molecule has 19 heavy (non-hydrogen) atoms. The highest BCUT2D eigenvalue weighted by atomic mass is 16.6. The monoisotopic (exact) mass is 266 g/mol. The van der Waals surface area contributed by atoms with Gasteiger partial charge in [0, 0.05) is 18.7 Å². The number of nitro groups is 1. The number of aliphatic hydroxyl groups is 1. The van der Waals surface area contributed by atoms with Gasteiger partial charge in [0.2, 0.25) is 5.88 Å². The Morgan fingerprint density at radius 1 is 1.42 bits per heavy atom. The van der Waals surface area contributed by atoms with E-state index >= 15 is 0 Å². The molecule has 0 aromatic carbocycles. The number of aryl methyl sites for hydroxylation is 1. The zero-order chi connectivity index (χ0) is 13.8. The van der Waals surface area contributed by atoms with Gasteiger partial charge in [-0.25, -0.2) is 4.98 Å². The van der Waals surface area contributed by atoms with E-state index in [1.54, 1.807) is 13.0 Å². The van der Waals surface area contributed by atoms with E-state index in [9.17, 15) is 10.1 Å². The fourth-order valence-corrected chi connectivity index (χ4v) is 2.39. The van der Waals surface area contributed by atoms with Crippen LogP contribution in [0.2, 0.25) is 0 Å². The Bertz CT molecular complexity index is 456. The molecule has 104 valence electrons. The van der Waals surface area contributed by atoms with Gasteiger partial charge >= 0.3 is 0 Å². The maximum atomic E-state index is 10.7. The summed E-state index contributed by atoms with van der Waals surface area (Å²) in [6, 6.07) is 2.97. The first-order chi connectivity index (χ1) is 9.10. The van der Waals surface area contributed by atoms with Gasteiger partial charge in [-0.2, -0.15) is 0 Å². The molecular weight excluding hydrogens is 248 g/mol. The number of ether oxygens (including phenoxy) is 1. The van der Waals surface area contributed by atoms with Crippen molar-refractivity contribution in [1.82, 2.24) is 4.98 Å². The van der Waals surface area contributed by atoms with Gasteiger partial charge in [0.05, 0.1) is 4.92 Å². The largest absolute Gasteiger partial charge is 0.474 e. The summed E-state index contributed by atoms with van der Waals surface area (Å²) in [5.41, 5.74) is 0.378. The SMILES string of the molecule is Cc1nc(OC2CCC(CO)CC2)ccc1[N+](=O)[O-]. The molecule has 1 aromatic heterocycles. The number of rotatable bonds is 4. The molecule has 6 heteroatoms. The second kappa shape index (κ2) is 5.97. The molecule has 2 rings (SSSR count). The van der Waals surface area contributed by atoms with Crippen molar-refractivity contribution in [2.45, 2.75) is 38.7 Å². The Kier molecular flexibility index (Phi) is 4.31. The van der Waals surface area contributed by atoms with Crippen LogP contribution in [0.3, 0.4) is 0 Å². The summed E-state index contributed by atoms with van der Waals surface area (Å²) in [6.07, 6.45) is 3.78. The number of hydrogen-bond acceptors (Lipinski definition) is 5. The van der Waals surface area contributed by atoms with Gasteiger partial charge in [-0.3, -0.25) is 10.1 Å². The van der Waals surface area contributed by atoms with E-state index in [1.165, 1.54) is 6.07 Å². The highest BCUT2D eigenvalue weighted by Gasteiger charge is 2.22. The second-order valence-corrected chi connectivity index (χ2v) is 4.95. The highest BCUT2D eigenvalue weighted by molar-refractivity contribution is 5.36. The molecule has 0 radical (unpaired) electrons. The Morgan fingerprint density at radius 2 is 2.11 bits per heavy atom. The predicted octanol–water partition coefficient (Wildman–Crippen LogP) is 2.23. The number of nitrogens with zero attached hydrogens (tertiary/aromatic N) is 2. The zero-order valence-electron chi connectivity index (χ0n) is 10.9. The Balaban J connectivity index is 1.97. The van der Waals surface area contributed by atoms with Crippen molar-refractivity contribution in [3.63, 3.8) is 0 Å². The van der Waals surface area contributed by atoms with Crippen molar-refractivity contribution in [3.05, 3.63) is 27.9 Å². The minimum atomic E-state index is -0.446. The third kappa shape index (κ3) is 3.41. The van der Waals surface area contributed by atoms with E-state index in [-0.39, 0.29) is 18.4 Å². The van der Waals surface area contributed by atoms with Gasteiger partial charge in [-0.15, -0.1) is 0 Å². The molecule has 1 aliphatic rings. The highest BCUT2D eigenvalue weighted by Crippen LogP contribution is 2.27. The lowest BCUT2D eigenvalue weighted by Crippen LogP contribution is -2.25. The lowest BCUT2D eigenvalue weighted by atomic mass is 9.88. The topological polar surface area (TPSA) is 85.5 Å². The molecule has 0 aliphatic heterocycles. The van der Waals surface area contributed by atoms with Gasteiger partial charge in [0.15, 0.2) is 0 Å². The lowest BCUT2D eigenvalue weighted by Gasteiger charge is -2.27. The fourth-order valence-electron chi connectivity index (χ4n) is 2.39. The number of hydrogen-bond donors (Lipinski definition) is 1. The summed E-state index contributed by atoms with van der Waals surface area (Å²) in [4.78, 5) is 14.4. The summed E-state index contributed by atoms with van der Waals surface area (Å²) < 4.78 is 5.75. The first-order valence-corrected chi connectivity index (χ1v) is 6.49. The Labute approximate surface area is 111 Å². The van der Waals surface area contributed by atoms with E-state index in [2.05, 4.69) is 4.98 Å². The second-order valence-electron chi connectivity index (χ2n) is 4.95. The first kappa shape index (κ1) is 13.7. The van der Waals surface area contributed by atoms with E-state index in [1.807, 2.05) is 0 Å². The quantitative estimate of drug-likeness (QED) is 0.667. The summed E-state index contributed by atoms with van der Waals surface area (Å²) in [6.45, 7) is 1.84. The fraction of sp³-hybridized carbons (Fsp3) is 0.615. The molecule has 0 bridgehead atoms. The van der Waals surface area contributed by atoms with Crippen molar-refractivity contribution in [3.8, 4) is 5.88 Å². The molecule has 1 heterocycles. The standard InChI is InChI=1S/C13H18N2O4/c1-9-12(15(17)18)6-7-13(14-9)19-11-4-2-10(8-16)3-5-11/h6-7,10-11,16H,2-5,8H2,1H3. The van der Waals surface area contributed by atoms with Crippen LogP contribution in [-0.4, -0.2) is 27.7 Å². The van der Waals surface area contributed by atoms with Crippen molar-refractivity contribution in [1.29, 1.82) is 0 Å². The van der Waals surface area contributed by atoms with Crippen LogP contribution in [0.1, 0.15) is 31.4 Å². The Morgan fingerprint density at radius 3 is 2.63 bits per heavy atom. The summed E-state index contributed by atoms with van der Waals surface area (Å²) >= 11 is 0. The van der Waals surface area contributed by atoms with Crippen LogP contribution in [0.4, 0.5) is 5.69 Å². The minimum Gasteiger partial charge on any atom is -0.474 e. The molecule has 1 N–H and O–H groups in total. The van der Waals surface area contributed by atoms with E-state index in [4.69, 9.17) is 9.84 Å². The summed E-state index contributed by atoms with van der Waals surface area (Å²) in [5, 5.41) is 19.8. The lowest BCUT2D eigenvalue weighted by molar-refractivity contribution is -0.385. The van der Waals surface area contributed by atoms with Crippen LogP contribution in [0.25, 0.3) is 0 Å². The molecule has 1 aromatic rings. The molecule has 1 saturated carbocycles. The van der Waals surface area contributed by atoms with E-state index in [0.29, 0.717) is 17.5 Å². The van der Waals surface area contributed by atoms with Crippen LogP contribution in [-0.2, 0) is 0 Å². The van der Waals surface area contributed by atoms with Crippen LogP contribution in [0, 0.1) is 23.0 Å². The van der Waals surface area contributed by atoms with Gasteiger partial charge in [0.25, 0.3) is 5.69 Å². The number of pyridine rings is 1.